The van der Waals surface area contributed by atoms with Crippen molar-refractivity contribution in [3.8, 4) is 0 Å². The first kappa shape index (κ1) is 19.4. The van der Waals surface area contributed by atoms with Gasteiger partial charge in [-0.1, -0.05) is 59.8 Å². The van der Waals surface area contributed by atoms with Crippen molar-refractivity contribution in [2.24, 2.45) is 5.16 Å². The summed E-state index contributed by atoms with van der Waals surface area (Å²) in [5.74, 6) is 0. The minimum Gasteiger partial charge on any atom is -0.399 e. The quantitative estimate of drug-likeness (QED) is 0.471. The van der Waals surface area contributed by atoms with Crippen LogP contribution in [0.25, 0.3) is 10.8 Å². The Balaban J connectivity index is 1.79. The van der Waals surface area contributed by atoms with Crippen molar-refractivity contribution in [1.29, 1.82) is 0 Å². The zero-order chi connectivity index (χ0) is 20.1. The van der Waals surface area contributed by atoms with Gasteiger partial charge in [0.05, 0.1) is 16.9 Å². The zero-order valence-corrected chi connectivity index (χ0v) is 16.6. The Bertz CT molecular complexity index is 1020. The van der Waals surface area contributed by atoms with Crippen LogP contribution in [0.4, 0.5) is 10.5 Å². The summed E-state index contributed by atoms with van der Waals surface area (Å²) in [6.07, 6.45) is 0. The third-order valence-electron chi connectivity index (χ3n) is 4.69. The fourth-order valence-electron chi connectivity index (χ4n) is 3.17. The summed E-state index contributed by atoms with van der Waals surface area (Å²) in [4.78, 5) is 17.6. The van der Waals surface area contributed by atoms with Crippen molar-refractivity contribution < 1.29 is 9.63 Å². The summed E-state index contributed by atoms with van der Waals surface area (Å²) in [6, 6.07) is 21.5. The lowest BCUT2D eigenvalue weighted by atomic mass is 9.92. The number of carbonyl (C=O) groups is 1. The highest BCUT2D eigenvalue weighted by atomic mass is 16.6. The van der Waals surface area contributed by atoms with Crippen LogP contribution in [0.2, 0.25) is 0 Å². The first-order valence-electron chi connectivity index (χ1n) is 9.16. The molecule has 0 atom stereocenters. The van der Waals surface area contributed by atoms with E-state index in [9.17, 15) is 4.79 Å². The van der Waals surface area contributed by atoms with Crippen LogP contribution in [-0.4, -0.2) is 18.9 Å². The highest BCUT2D eigenvalue weighted by Crippen LogP contribution is 2.25. The van der Waals surface area contributed by atoms with Crippen LogP contribution >= 0.6 is 0 Å². The second kappa shape index (κ2) is 8.13. The Morgan fingerprint density at radius 1 is 1.00 bits per heavy atom. The zero-order valence-electron chi connectivity index (χ0n) is 16.6. The fourth-order valence-corrected chi connectivity index (χ4v) is 3.17. The number of amides is 2. The third kappa shape index (κ3) is 4.31. The molecule has 0 aliphatic carbocycles. The largest absolute Gasteiger partial charge is 0.399 e. The van der Waals surface area contributed by atoms with Gasteiger partial charge in [-0.25, -0.2) is 4.79 Å². The molecule has 0 bridgehead atoms. The first-order chi connectivity index (χ1) is 13.4. The molecule has 0 saturated heterocycles. The third-order valence-corrected chi connectivity index (χ3v) is 4.69. The molecule has 144 valence electrons. The number of fused-ring (bicyclic) bond motifs is 1. The van der Waals surface area contributed by atoms with Gasteiger partial charge in [-0.2, -0.15) is 0 Å². The molecule has 0 saturated carbocycles. The predicted octanol–water partition coefficient (Wildman–Crippen LogP) is 5.27. The molecule has 0 aromatic heterocycles. The van der Waals surface area contributed by atoms with Crippen molar-refractivity contribution in [3.63, 3.8) is 0 Å². The maximum atomic E-state index is 12.7. The minimum absolute atomic E-state index is 0.256. The van der Waals surface area contributed by atoms with Gasteiger partial charge in [0.2, 0.25) is 0 Å². The molecule has 0 radical (unpaired) electrons. The summed E-state index contributed by atoms with van der Waals surface area (Å²) < 4.78 is 0. The molecule has 2 N–H and O–H groups in total. The van der Waals surface area contributed by atoms with E-state index >= 15 is 0 Å². The van der Waals surface area contributed by atoms with Crippen molar-refractivity contribution in [1.82, 2.24) is 5.32 Å². The molecule has 3 aromatic rings. The van der Waals surface area contributed by atoms with E-state index < -0.39 is 5.54 Å². The highest BCUT2D eigenvalue weighted by Gasteiger charge is 2.23. The number of benzene rings is 3. The van der Waals surface area contributed by atoms with Crippen LogP contribution in [0.5, 0.6) is 0 Å². The minimum atomic E-state index is -0.571. The average molecular weight is 375 g/mol. The molecule has 0 aliphatic rings. The maximum absolute atomic E-state index is 12.7. The summed E-state index contributed by atoms with van der Waals surface area (Å²) in [5.41, 5.74) is 2.91. The number of nitrogens with zero attached hydrogens (tertiary/aromatic N) is 1. The van der Waals surface area contributed by atoms with Crippen LogP contribution in [0.1, 0.15) is 31.9 Å². The number of nitrogens with one attached hydrogen (secondary N) is 2. The highest BCUT2D eigenvalue weighted by molar-refractivity contribution is 6.02. The van der Waals surface area contributed by atoms with E-state index in [1.807, 2.05) is 87.5 Å². The molecule has 3 aromatic carbocycles. The lowest BCUT2D eigenvalue weighted by Crippen LogP contribution is -2.43. The van der Waals surface area contributed by atoms with Gasteiger partial charge < -0.3 is 15.5 Å². The topological polar surface area (TPSA) is 62.7 Å². The smallest absolute Gasteiger partial charge is 0.319 e. The Labute approximate surface area is 165 Å². The molecule has 0 unspecified atom stereocenters. The van der Waals surface area contributed by atoms with Crippen molar-refractivity contribution >= 4 is 28.2 Å². The van der Waals surface area contributed by atoms with E-state index in [0.717, 1.165) is 33.3 Å². The molecule has 5 heteroatoms. The molecule has 0 aliphatic heterocycles. The van der Waals surface area contributed by atoms with Gasteiger partial charge in [-0.3, -0.25) is 0 Å². The van der Waals surface area contributed by atoms with Gasteiger partial charge in [-0.05, 0) is 49.4 Å². The number of rotatable bonds is 5. The average Bonchev–Trinajstić information content (AvgIpc) is 2.68. The molecule has 0 heterocycles. The predicted molar refractivity (Wildman–Crippen MR) is 115 cm³/mol. The lowest BCUT2D eigenvalue weighted by Gasteiger charge is -2.27. The summed E-state index contributed by atoms with van der Waals surface area (Å²) in [7, 11) is 1.52. The Morgan fingerprint density at radius 3 is 2.50 bits per heavy atom. The van der Waals surface area contributed by atoms with Crippen molar-refractivity contribution in [3.05, 3.63) is 77.9 Å². The van der Waals surface area contributed by atoms with Crippen LogP contribution in [0.15, 0.2) is 71.9 Å². The lowest BCUT2D eigenvalue weighted by molar-refractivity contribution is 0.213. The van der Waals surface area contributed by atoms with E-state index in [2.05, 4.69) is 15.8 Å². The van der Waals surface area contributed by atoms with Crippen molar-refractivity contribution in [2.75, 3.05) is 12.4 Å². The van der Waals surface area contributed by atoms with E-state index in [4.69, 9.17) is 4.84 Å². The van der Waals surface area contributed by atoms with Gasteiger partial charge in [0.15, 0.2) is 0 Å². The molecule has 3 rings (SSSR count). The van der Waals surface area contributed by atoms with Gasteiger partial charge in [0.1, 0.15) is 7.11 Å². The standard InChI is InChI=1S/C23H25N3O2/c1-16(26-28-4)18-11-7-12-19(15-18)23(2,3)25-22(27)24-21-14-8-10-17-9-5-6-13-20(17)21/h5-15H,1-4H3,(H2,24,25,27)/b26-16+. The van der Waals surface area contributed by atoms with E-state index in [0.29, 0.717) is 0 Å². The monoisotopic (exact) mass is 375 g/mol. The number of hydrogen-bond donors (Lipinski definition) is 2. The molecule has 0 spiro atoms. The number of oxime groups is 1. The molecule has 28 heavy (non-hydrogen) atoms. The van der Waals surface area contributed by atoms with E-state index in [1.165, 1.54) is 7.11 Å². The molecule has 2 amide bonds. The Kier molecular flexibility index (Phi) is 5.64. The van der Waals surface area contributed by atoms with Crippen LogP contribution in [-0.2, 0) is 10.4 Å². The number of urea groups is 1. The maximum Gasteiger partial charge on any atom is 0.319 e. The summed E-state index contributed by atoms with van der Waals surface area (Å²) in [5, 5.41) is 12.1. The number of anilines is 1. The second-order valence-electron chi connectivity index (χ2n) is 7.17. The molecular weight excluding hydrogens is 350 g/mol. The van der Waals surface area contributed by atoms with Crippen LogP contribution in [0, 0.1) is 0 Å². The fraction of sp³-hybridized carbons (Fsp3) is 0.217. The van der Waals surface area contributed by atoms with Gasteiger partial charge >= 0.3 is 6.03 Å². The van der Waals surface area contributed by atoms with Crippen molar-refractivity contribution in [2.45, 2.75) is 26.3 Å². The van der Waals surface area contributed by atoms with Crippen LogP contribution < -0.4 is 10.6 Å². The SMILES string of the molecule is CO/N=C(\C)c1cccc(C(C)(C)NC(=O)Nc2cccc3ccccc23)c1. The normalized spacial score (nSPS) is 11.9. The first-order valence-corrected chi connectivity index (χ1v) is 9.16. The number of hydrogen-bond acceptors (Lipinski definition) is 3. The molecule has 0 fully saturated rings. The van der Waals surface area contributed by atoms with Gasteiger partial charge in [0, 0.05) is 5.39 Å². The number of carbonyl (C=O) groups excluding carboxylic acids is 1. The Hall–Kier alpha value is -3.34. The van der Waals surface area contributed by atoms with E-state index in [-0.39, 0.29) is 6.03 Å². The molecule has 5 nitrogen and oxygen atoms in total. The van der Waals surface area contributed by atoms with Gasteiger partial charge in [-0.15, -0.1) is 0 Å². The summed E-state index contributed by atoms with van der Waals surface area (Å²) in [6.45, 7) is 5.82. The summed E-state index contributed by atoms with van der Waals surface area (Å²) >= 11 is 0. The molecular formula is C23H25N3O2. The second-order valence-corrected chi connectivity index (χ2v) is 7.17. The van der Waals surface area contributed by atoms with Crippen LogP contribution in [0.3, 0.4) is 0 Å². The Morgan fingerprint density at radius 2 is 1.71 bits per heavy atom. The van der Waals surface area contributed by atoms with E-state index in [1.54, 1.807) is 0 Å². The van der Waals surface area contributed by atoms with Gasteiger partial charge in [0.25, 0.3) is 0 Å².